The maximum absolute atomic E-state index is 13.8. The number of carbonyl (C=O) groups is 3. The molecule has 0 saturated carbocycles. The first-order chi connectivity index (χ1) is 18.7. The lowest BCUT2D eigenvalue weighted by molar-refractivity contribution is -0.127. The van der Waals surface area contributed by atoms with E-state index in [2.05, 4.69) is 14.8 Å². The maximum Gasteiger partial charge on any atom is 0.295 e. The molecule has 10 heteroatoms. The van der Waals surface area contributed by atoms with E-state index in [4.69, 9.17) is 4.74 Å². The first-order valence-corrected chi connectivity index (χ1v) is 13.5. The van der Waals surface area contributed by atoms with Crippen LogP contribution in [0, 0.1) is 5.92 Å². The summed E-state index contributed by atoms with van der Waals surface area (Å²) in [5.41, 5.74) is 1.25. The van der Waals surface area contributed by atoms with Crippen LogP contribution in [-0.4, -0.2) is 115 Å². The third-order valence-electron chi connectivity index (χ3n) is 8.07. The molecule has 2 aliphatic heterocycles. The van der Waals surface area contributed by atoms with Crippen LogP contribution in [0.15, 0.2) is 42.4 Å². The highest BCUT2D eigenvalue weighted by Gasteiger charge is 2.32. The first-order valence-electron chi connectivity index (χ1n) is 13.5. The van der Waals surface area contributed by atoms with Crippen molar-refractivity contribution >= 4 is 28.5 Å². The zero-order valence-electron chi connectivity index (χ0n) is 22.8. The Morgan fingerprint density at radius 1 is 1.08 bits per heavy atom. The van der Waals surface area contributed by atoms with E-state index >= 15 is 0 Å². The molecule has 9 nitrogen and oxygen atoms in total. The summed E-state index contributed by atoms with van der Waals surface area (Å²) in [4.78, 5) is 50.9. The average Bonchev–Trinajstić information content (AvgIpc) is 3.36. The number of halogens is 1. The van der Waals surface area contributed by atoms with Crippen LogP contribution in [0.1, 0.15) is 34.1 Å². The number of methoxy groups -OCH3 is 1. The van der Waals surface area contributed by atoms with Crippen molar-refractivity contribution in [2.24, 2.45) is 5.92 Å². The summed E-state index contributed by atoms with van der Waals surface area (Å²) < 4.78 is 18.9. The van der Waals surface area contributed by atoms with Gasteiger partial charge in [-0.1, -0.05) is 6.08 Å². The predicted octanol–water partition coefficient (Wildman–Crippen LogP) is 2.71. The number of allylic oxidation sites excluding steroid dienone is 3. The van der Waals surface area contributed by atoms with Gasteiger partial charge in [0.25, 0.3) is 17.6 Å². The Morgan fingerprint density at radius 3 is 2.51 bits per heavy atom. The number of piperazine rings is 2. The molecule has 2 amide bonds. The minimum Gasteiger partial charge on any atom is -0.496 e. The second-order valence-corrected chi connectivity index (χ2v) is 10.8. The molecule has 3 aliphatic rings. The van der Waals surface area contributed by atoms with E-state index in [0.29, 0.717) is 61.4 Å². The molecule has 1 aromatic carbocycles. The molecule has 3 heterocycles. The van der Waals surface area contributed by atoms with Crippen LogP contribution < -0.4 is 4.74 Å². The highest BCUT2D eigenvalue weighted by Crippen LogP contribution is 2.30. The van der Waals surface area contributed by atoms with Crippen LogP contribution in [0.5, 0.6) is 5.75 Å². The number of rotatable bonds is 6. The number of nitrogens with zero attached hydrogens (tertiary/aromatic N) is 4. The molecule has 5 rings (SSSR count). The third-order valence-corrected chi connectivity index (χ3v) is 8.07. The Bertz CT molecular complexity index is 1330. The number of H-pyrrole nitrogens is 1. The van der Waals surface area contributed by atoms with Gasteiger partial charge in [0.2, 0.25) is 0 Å². The molecular formula is C29H36FN5O4. The summed E-state index contributed by atoms with van der Waals surface area (Å²) >= 11 is 0. The van der Waals surface area contributed by atoms with E-state index in [9.17, 15) is 18.8 Å². The van der Waals surface area contributed by atoms with Gasteiger partial charge in [-0.25, -0.2) is 4.39 Å². The number of nitrogens with one attached hydrogen (secondary N) is 1. The van der Waals surface area contributed by atoms with Crippen LogP contribution >= 0.6 is 0 Å². The van der Waals surface area contributed by atoms with Crippen LogP contribution in [0.3, 0.4) is 0 Å². The fourth-order valence-corrected chi connectivity index (χ4v) is 5.70. The van der Waals surface area contributed by atoms with E-state index in [0.717, 1.165) is 19.6 Å². The van der Waals surface area contributed by atoms with Gasteiger partial charge < -0.3 is 24.4 Å². The van der Waals surface area contributed by atoms with Gasteiger partial charge in [0.05, 0.1) is 18.2 Å². The topological polar surface area (TPSA) is 89.2 Å². The Labute approximate surface area is 227 Å². The van der Waals surface area contributed by atoms with E-state index in [1.165, 1.54) is 19.4 Å². The molecule has 2 fully saturated rings. The lowest BCUT2D eigenvalue weighted by atomic mass is 9.98. The second-order valence-electron chi connectivity index (χ2n) is 10.8. The lowest BCUT2D eigenvalue weighted by Crippen LogP contribution is -2.54. The summed E-state index contributed by atoms with van der Waals surface area (Å²) in [6.07, 6.45) is 7.29. The number of carbonyl (C=O) groups excluding carboxylic acids is 3. The fourth-order valence-electron chi connectivity index (χ4n) is 5.70. The number of benzene rings is 1. The number of aromatic nitrogens is 1. The normalized spacial score (nSPS) is 22.7. The van der Waals surface area contributed by atoms with Crippen molar-refractivity contribution in [2.75, 3.05) is 66.5 Å². The predicted molar refractivity (Wildman–Crippen MR) is 147 cm³/mol. The zero-order valence-corrected chi connectivity index (χ0v) is 22.8. The number of ether oxygens (including phenoxy) is 1. The van der Waals surface area contributed by atoms with Crippen LogP contribution in [0.2, 0.25) is 0 Å². The number of fused-ring (bicyclic) bond motifs is 1. The smallest absolute Gasteiger partial charge is 0.295 e. The largest absolute Gasteiger partial charge is 0.496 e. The number of ketones is 1. The Kier molecular flexibility index (Phi) is 7.86. The minimum atomic E-state index is -0.581. The lowest BCUT2D eigenvalue weighted by Gasteiger charge is -2.41. The second kappa shape index (κ2) is 11.3. The molecule has 1 aliphatic carbocycles. The molecular weight excluding hydrogens is 501 g/mol. The van der Waals surface area contributed by atoms with Gasteiger partial charge in [0.15, 0.2) is 0 Å². The van der Waals surface area contributed by atoms with Crippen LogP contribution in [0.25, 0.3) is 10.9 Å². The molecule has 39 heavy (non-hydrogen) atoms. The highest BCUT2D eigenvalue weighted by molar-refractivity contribution is 6.45. The summed E-state index contributed by atoms with van der Waals surface area (Å²) in [5, 5.41) is 0.530. The molecule has 1 aromatic heterocycles. The number of hydrogen-bond donors (Lipinski definition) is 1. The molecule has 1 N–H and O–H groups in total. The van der Waals surface area contributed by atoms with Gasteiger partial charge in [-0.2, -0.15) is 0 Å². The van der Waals surface area contributed by atoms with Gasteiger partial charge in [-0.05, 0) is 44.5 Å². The van der Waals surface area contributed by atoms with Crippen LogP contribution in [-0.2, 0) is 4.79 Å². The number of likely N-dealkylation sites (N-methyl/N-ethyl adjacent to an activating group) is 1. The third kappa shape index (κ3) is 5.62. The van der Waals surface area contributed by atoms with Gasteiger partial charge in [-0.15, -0.1) is 0 Å². The SMILES string of the molecule is COc1cc2[nH]cc(C(=O)C(=O)N3CCN(C)CC3)c2cc1C(=O)N1CCN(CC2C=CC(F)=CC2)CC1C. The number of Topliss-reactive ketones (excluding diaryl/α,β-unsaturated/α-hetero) is 1. The zero-order chi connectivity index (χ0) is 27.7. The summed E-state index contributed by atoms with van der Waals surface area (Å²) in [6, 6.07) is 3.34. The molecule has 2 aromatic rings. The summed E-state index contributed by atoms with van der Waals surface area (Å²) in [7, 11) is 3.50. The molecule has 2 unspecified atom stereocenters. The van der Waals surface area contributed by atoms with Crippen molar-refractivity contribution in [1.82, 2.24) is 24.6 Å². The number of amides is 2. The minimum absolute atomic E-state index is 0.0439. The molecule has 2 atom stereocenters. The molecule has 2 saturated heterocycles. The first kappa shape index (κ1) is 27.1. The van der Waals surface area contributed by atoms with Gasteiger partial charge in [0, 0.05) is 81.6 Å². The number of hydrogen-bond acceptors (Lipinski definition) is 6. The maximum atomic E-state index is 13.8. The van der Waals surface area contributed by atoms with Crippen molar-refractivity contribution in [2.45, 2.75) is 19.4 Å². The molecule has 0 radical (unpaired) electrons. The Hall–Kier alpha value is -3.50. The molecule has 0 spiro atoms. The van der Waals surface area contributed by atoms with E-state index < -0.39 is 11.7 Å². The van der Waals surface area contributed by atoms with Gasteiger partial charge in [-0.3, -0.25) is 19.3 Å². The standard InChI is InChI=1S/C29H36FN5O4/c1-19-17-33(18-20-4-6-21(30)7-5-20)10-13-35(19)28(37)23-14-22-24(16-31-25(22)15-26(23)39-3)27(36)29(38)34-11-8-32(2)9-12-34/h4,6-7,14-16,19-20,31H,5,8-13,17-18H2,1-3H3. The van der Waals surface area contributed by atoms with Gasteiger partial charge in [0.1, 0.15) is 11.6 Å². The monoisotopic (exact) mass is 537 g/mol. The van der Waals surface area contributed by atoms with Crippen LogP contribution in [0.4, 0.5) is 4.39 Å². The average molecular weight is 538 g/mol. The summed E-state index contributed by atoms with van der Waals surface area (Å²) in [6.45, 7) is 7.27. The van der Waals surface area contributed by atoms with Crippen molar-refractivity contribution in [3.05, 3.63) is 53.5 Å². The van der Waals surface area contributed by atoms with Crippen molar-refractivity contribution in [1.29, 1.82) is 0 Å². The molecule has 208 valence electrons. The Morgan fingerprint density at radius 2 is 1.85 bits per heavy atom. The van der Waals surface area contributed by atoms with Gasteiger partial charge >= 0.3 is 0 Å². The van der Waals surface area contributed by atoms with E-state index in [1.807, 2.05) is 24.9 Å². The Balaban J connectivity index is 1.32. The fraction of sp³-hybridized carbons (Fsp3) is 0.483. The van der Waals surface area contributed by atoms with Crippen molar-refractivity contribution in [3.63, 3.8) is 0 Å². The van der Waals surface area contributed by atoms with Crippen molar-refractivity contribution < 1.29 is 23.5 Å². The van der Waals surface area contributed by atoms with E-state index in [1.54, 1.807) is 23.1 Å². The number of aromatic amines is 1. The highest BCUT2D eigenvalue weighted by atomic mass is 19.1. The molecule has 0 bridgehead atoms. The van der Waals surface area contributed by atoms with E-state index in [-0.39, 0.29) is 29.3 Å². The quantitative estimate of drug-likeness (QED) is 0.450. The summed E-state index contributed by atoms with van der Waals surface area (Å²) in [5.74, 6) is -0.786. The van der Waals surface area contributed by atoms with Crippen molar-refractivity contribution in [3.8, 4) is 5.75 Å².